The van der Waals surface area contributed by atoms with Crippen molar-refractivity contribution in [1.29, 1.82) is 0 Å². The molecule has 1 aliphatic rings. The Morgan fingerprint density at radius 3 is 2.92 bits per heavy atom. The zero-order valence-electron chi connectivity index (χ0n) is 8.72. The Morgan fingerprint density at radius 2 is 2.38 bits per heavy atom. The van der Waals surface area contributed by atoms with Gasteiger partial charge in [0.2, 0.25) is 0 Å². The van der Waals surface area contributed by atoms with Crippen LogP contribution in [0.5, 0.6) is 0 Å². The van der Waals surface area contributed by atoms with E-state index in [1.165, 1.54) is 12.8 Å². The summed E-state index contributed by atoms with van der Waals surface area (Å²) in [5, 5.41) is 3.37. The Bertz CT molecular complexity index is 133. The summed E-state index contributed by atoms with van der Waals surface area (Å²) in [6.45, 7) is 4.72. The van der Waals surface area contributed by atoms with Gasteiger partial charge in [0.05, 0.1) is 6.17 Å². The van der Waals surface area contributed by atoms with Crippen molar-refractivity contribution < 1.29 is 4.39 Å². The fourth-order valence-electron chi connectivity index (χ4n) is 1.77. The predicted octanol–water partition coefficient (Wildman–Crippen LogP) is 1.42. The molecule has 1 N–H and O–H groups in total. The number of rotatable bonds is 4. The minimum Gasteiger partial charge on any atom is -0.315 e. The summed E-state index contributed by atoms with van der Waals surface area (Å²) in [5.74, 6) is 0. The minimum absolute atomic E-state index is 0.618. The largest absolute Gasteiger partial charge is 0.315 e. The van der Waals surface area contributed by atoms with E-state index >= 15 is 0 Å². The molecule has 0 saturated carbocycles. The van der Waals surface area contributed by atoms with Crippen molar-refractivity contribution in [1.82, 2.24) is 10.2 Å². The lowest BCUT2D eigenvalue weighted by Gasteiger charge is -2.31. The Morgan fingerprint density at radius 1 is 1.62 bits per heavy atom. The molecule has 2 nitrogen and oxygen atoms in total. The molecule has 78 valence electrons. The molecule has 1 aliphatic heterocycles. The van der Waals surface area contributed by atoms with Gasteiger partial charge in [-0.1, -0.05) is 0 Å². The molecule has 2 atom stereocenters. The van der Waals surface area contributed by atoms with E-state index in [-0.39, 0.29) is 0 Å². The SMILES string of the molecule is CC(F)CCN(C)C1CCCNC1. The molecule has 0 bridgehead atoms. The van der Waals surface area contributed by atoms with Crippen LogP contribution >= 0.6 is 0 Å². The topological polar surface area (TPSA) is 15.3 Å². The van der Waals surface area contributed by atoms with Gasteiger partial charge in [-0.15, -0.1) is 0 Å². The summed E-state index contributed by atoms with van der Waals surface area (Å²) in [4.78, 5) is 2.28. The van der Waals surface area contributed by atoms with E-state index in [1.807, 2.05) is 0 Å². The van der Waals surface area contributed by atoms with Crippen LogP contribution in [-0.4, -0.2) is 43.8 Å². The molecular weight excluding hydrogens is 167 g/mol. The van der Waals surface area contributed by atoms with Crippen molar-refractivity contribution in [3.8, 4) is 0 Å². The maximum Gasteiger partial charge on any atom is 0.0985 e. The van der Waals surface area contributed by atoms with E-state index in [4.69, 9.17) is 0 Å². The van der Waals surface area contributed by atoms with Gasteiger partial charge < -0.3 is 10.2 Å². The Hall–Kier alpha value is -0.150. The zero-order chi connectivity index (χ0) is 9.68. The minimum atomic E-state index is -0.668. The van der Waals surface area contributed by atoms with Crippen molar-refractivity contribution in [2.24, 2.45) is 0 Å². The van der Waals surface area contributed by atoms with E-state index in [0.717, 1.165) is 19.6 Å². The average molecular weight is 188 g/mol. The quantitative estimate of drug-likeness (QED) is 0.718. The molecule has 0 spiro atoms. The van der Waals surface area contributed by atoms with Crippen LogP contribution in [0.25, 0.3) is 0 Å². The molecule has 2 unspecified atom stereocenters. The van der Waals surface area contributed by atoms with Crippen molar-refractivity contribution in [3.05, 3.63) is 0 Å². The van der Waals surface area contributed by atoms with Gasteiger partial charge >= 0.3 is 0 Å². The fourth-order valence-corrected chi connectivity index (χ4v) is 1.77. The number of piperidine rings is 1. The number of hydrogen-bond acceptors (Lipinski definition) is 2. The second-order valence-corrected chi connectivity index (χ2v) is 4.05. The van der Waals surface area contributed by atoms with Crippen molar-refractivity contribution in [3.63, 3.8) is 0 Å². The highest BCUT2D eigenvalue weighted by atomic mass is 19.1. The van der Waals surface area contributed by atoms with Crippen LogP contribution in [0.2, 0.25) is 0 Å². The molecule has 0 radical (unpaired) electrons. The van der Waals surface area contributed by atoms with Gasteiger partial charge in [-0.3, -0.25) is 0 Å². The number of likely N-dealkylation sites (N-methyl/N-ethyl adjacent to an activating group) is 1. The highest BCUT2D eigenvalue weighted by molar-refractivity contribution is 4.76. The number of halogens is 1. The third kappa shape index (κ3) is 4.05. The van der Waals surface area contributed by atoms with E-state index in [2.05, 4.69) is 17.3 Å². The van der Waals surface area contributed by atoms with Crippen LogP contribution in [0, 0.1) is 0 Å². The molecule has 0 aromatic heterocycles. The van der Waals surface area contributed by atoms with Crippen LogP contribution in [0.3, 0.4) is 0 Å². The summed E-state index contributed by atoms with van der Waals surface area (Å²) >= 11 is 0. The molecule has 13 heavy (non-hydrogen) atoms. The molecule has 1 heterocycles. The van der Waals surface area contributed by atoms with E-state index in [9.17, 15) is 4.39 Å². The smallest absolute Gasteiger partial charge is 0.0985 e. The standard InChI is InChI=1S/C10H21FN2/c1-9(11)5-7-13(2)10-4-3-6-12-8-10/h9-10,12H,3-8H2,1-2H3. The van der Waals surface area contributed by atoms with E-state index < -0.39 is 6.17 Å². The number of nitrogens with zero attached hydrogens (tertiary/aromatic N) is 1. The van der Waals surface area contributed by atoms with Crippen molar-refractivity contribution in [2.75, 3.05) is 26.7 Å². The van der Waals surface area contributed by atoms with Gasteiger partial charge in [0.25, 0.3) is 0 Å². The second-order valence-electron chi connectivity index (χ2n) is 4.05. The second kappa shape index (κ2) is 5.55. The lowest BCUT2D eigenvalue weighted by Crippen LogP contribution is -2.44. The Labute approximate surface area is 80.5 Å². The average Bonchev–Trinajstić information content (AvgIpc) is 2.15. The predicted molar refractivity (Wildman–Crippen MR) is 53.7 cm³/mol. The van der Waals surface area contributed by atoms with Gasteiger partial charge in [-0.05, 0) is 39.8 Å². The molecule has 1 saturated heterocycles. The maximum atomic E-state index is 12.6. The molecule has 3 heteroatoms. The van der Waals surface area contributed by atoms with Crippen LogP contribution in [0.15, 0.2) is 0 Å². The first-order chi connectivity index (χ1) is 6.20. The van der Waals surface area contributed by atoms with Crippen molar-refractivity contribution >= 4 is 0 Å². The number of nitrogens with one attached hydrogen (secondary N) is 1. The van der Waals surface area contributed by atoms with Crippen LogP contribution in [0.1, 0.15) is 26.2 Å². The molecule has 0 aromatic carbocycles. The lowest BCUT2D eigenvalue weighted by atomic mass is 10.1. The molecule has 0 aromatic rings. The monoisotopic (exact) mass is 188 g/mol. The van der Waals surface area contributed by atoms with E-state index in [0.29, 0.717) is 12.5 Å². The first-order valence-corrected chi connectivity index (χ1v) is 5.25. The third-order valence-corrected chi connectivity index (χ3v) is 2.77. The van der Waals surface area contributed by atoms with Gasteiger partial charge in [0.1, 0.15) is 0 Å². The van der Waals surface area contributed by atoms with Gasteiger partial charge in [0.15, 0.2) is 0 Å². The fraction of sp³-hybridized carbons (Fsp3) is 1.00. The zero-order valence-corrected chi connectivity index (χ0v) is 8.72. The highest BCUT2D eigenvalue weighted by Crippen LogP contribution is 2.09. The van der Waals surface area contributed by atoms with Gasteiger partial charge in [0, 0.05) is 19.1 Å². The number of hydrogen-bond donors (Lipinski definition) is 1. The summed E-state index contributed by atoms with van der Waals surface area (Å²) in [5.41, 5.74) is 0. The first-order valence-electron chi connectivity index (χ1n) is 5.25. The lowest BCUT2D eigenvalue weighted by molar-refractivity contribution is 0.183. The molecule has 0 aliphatic carbocycles. The summed E-state index contributed by atoms with van der Waals surface area (Å²) in [7, 11) is 2.10. The Balaban J connectivity index is 2.17. The number of alkyl halides is 1. The maximum absolute atomic E-state index is 12.6. The van der Waals surface area contributed by atoms with Crippen LogP contribution in [-0.2, 0) is 0 Å². The van der Waals surface area contributed by atoms with Crippen molar-refractivity contribution in [2.45, 2.75) is 38.4 Å². The van der Waals surface area contributed by atoms with Crippen LogP contribution < -0.4 is 5.32 Å². The Kier molecular flexibility index (Phi) is 4.67. The third-order valence-electron chi connectivity index (χ3n) is 2.77. The van der Waals surface area contributed by atoms with Gasteiger partial charge in [-0.25, -0.2) is 4.39 Å². The first kappa shape index (κ1) is 10.9. The summed E-state index contributed by atoms with van der Waals surface area (Å²) in [6, 6.07) is 0.618. The van der Waals surface area contributed by atoms with Crippen LogP contribution in [0.4, 0.5) is 4.39 Å². The molecule has 1 fully saturated rings. The molecular formula is C10H21FN2. The molecule has 1 rings (SSSR count). The van der Waals surface area contributed by atoms with E-state index in [1.54, 1.807) is 6.92 Å². The summed E-state index contributed by atoms with van der Waals surface area (Å²) in [6.07, 6.45) is 2.50. The van der Waals surface area contributed by atoms with Gasteiger partial charge in [-0.2, -0.15) is 0 Å². The highest BCUT2D eigenvalue weighted by Gasteiger charge is 2.17. The molecule has 0 amide bonds. The summed E-state index contributed by atoms with van der Waals surface area (Å²) < 4.78 is 12.6. The normalized spacial score (nSPS) is 26.3.